The predicted octanol–water partition coefficient (Wildman–Crippen LogP) is 3.79. The van der Waals surface area contributed by atoms with Crippen LogP contribution in [0.2, 0.25) is 0 Å². The zero-order valence-corrected chi connectivity index (χ0v) is 15.0. The van der Waals surface area contributed by atoms with Crippen LogP contribution in [0.5, 0.6) is 11.5 Å². The van der Waals surface area contributed by atoms with Crippen LogP contribution in [0.15, 0.2) is 70.1 Å². The van der Waals surface area contributed by atoms with Crippen LogP contribution in [0.1, 0.15) is 21.7 Å². The lowest BCUT2D eigenvalue weighted by Gasteiger charge is -2.11. The summed E-state index contributed by atoms with van der Waals surface area (Å²) in [6, 6.07) is 15.9. The molecule has 1 N–H and O–H groups in total. The fraction of sp³-hybridized carbons (Fsp3) is 0.143. The van der Waals surface area contributed by atoms with Crippen LogP contribution in [0, 0.1) is 6.92 Å². The minimum atomic E-state index is -0.550. The summed E-state index contributed by atoms with van der Waals surface area (Å²) >= 11 is 0. The van der Waals surface area contributed by atoms with Crippen LogP contribution in [-0.4, -0.2) is 13.0 Å². The van der Waals surface area contributed by atoms with E-state index < -0.39 is 11.3 Å². The third kappa shape index (κ3) is 4.55. The van der Waals surface area contributed by atoms with Crippen molar-refractivity contribution >= 4 is 11.6 Å². The molecule has 27 heavy (non-hydrogen) atoms. The number of nitrogens with one attached hydrogen (secondary N) is 1. The van der Waals surface area contributed by atoms with Gasteiger partial charge in [0.05, 0.1) is 12.8 Å². The van der Waals surface area contributed by atoms with Crippen molar-refractivity contribution in [3.05, 3.63) is 88.0 Å². The topological polar surface area (TPSA) is 77.8 Å². The van der Waals surface area contributed by atoms with Crippen LogP contribution in [0.4, 0.5) is 5.69 Å². The van der Waals surface area contributed by atoms with Gasteiger partial charge < -0.3 is 19.2 Å². The highest BCUT2D eigenvalue weighted by Gasteiger charge is 2.14. The summed E-state index contributed by atoms with van der Waals surface area (Å²) in [7, 11) is 1.51. The van der Waals surface area contributed by atoms with E-state index in [2.05, 4.69) is 5.32 Å². The Morgan fingerprint density at radius 1 is 1.07 bits per heavy atom. The SMILES string of the molecule is COc1ccc(C)cc1NC(=O)c1cc(=O)c(OCc2ccccc2)co1. The molecular formula is C21H19NO5. The van der Waals surface area contributed by atoms with Crippen molar-refractivity contribution in [2.45, 2.75) is 13.5 Å². The number of rotatable bonds is 6. The molecule has 6 heteroatoms. The number of aryl methyl sites for hydroxylation is 1. The Labute approximate surface area is 156 Å². The van der Waals surface area contributed by atoms with E-state index in [-0.39, 0.29) is 18.1 Å². The number of anilines is 1. The van der Waals surface area contributed by atoms with Gasteiger partial charge in [0.15, 0.2) is 5.76 Å². The fourth-order valence-electron chi connectivity index (χ4n) is 2.46. The molecule has 0 aliphatic rings. The van der Waals surface area contributed by atoms with Crippen molar-refractivity contribution in [2.75, 3.05) is 12.4 Å². The fourth-order valence-corrected chi connectivity index (χ4v) is 2.46. The first-order chi connectivity index (χ1) is 13.1. The van der Waals surface area contributed by atoms with Crippen LogP contribution >= 0.6 is 0 Å². The van der Waals surface area contributed by atoms with Crippen molar-refractivity contribution in [2.24, 2.45) is 0 Å². The number of methoxy groups -OCH3 is 1. The number of carbonyl (C=O) groups is 1. The molecule has 0 saturated carbocycles. The second-order valence-corrected chi connectivity index (χ2v) is 5.90. The first-order valence-electron chi connectivity index (χ1n) is 8.32. The van der Waals surface area contributed by atoms with Gasteiger partial charge in [-0.1, -0.05) is 36.4 Å². The molecule has 3 aromatic rings. The largest absolute Gasteiger partial charge is 0.495 e. The quantitative estimate of drug-likeness (QED) is 0.719. The van der Waals surface area contributed by atoms with Crippen LogP contribution < -0.4 is 20.2 Å². The monoisotopic (exact) mass is 365 g/mol. The van der Waals surface area contributed by atoms with Crippen molar-refractivity contribution < 1.29 is 18.7 Å². The van der Waals surface area contributed by atoms with E-state index in [1.54, 1.807) is 12.1 Å². The van der Waals surface area contributed by atoms with E-state index in [4.69, 9.17) is 13.9 Å². The van der Waals surface area contributed by atoms with Gasteiger partial charge in [0.2, 0.25) is 11.2 Å². The van der Waals surface area contributed by atoms with Crippen LogP contribution in [0.3, 0.4) is 0 Å². The summed E-state index contributed by atoms with van der Waals surface area (Å²) in [6.45, 7) is 2.13. The van der Waals surface area contributed by atoms with E-state index >= 15 is 0 Å². The normalized spacial score (nSPS) is 10.3. The van der Waals surface area contributed by atoms with Gasteiger partial charge in [-0.2, -0.15) is 0 Å². The maximum Gasteiger partial charge on any atom is 0.291 e. The molecule has 0 unspecified atom stereocenters. The third-order valence-corrected chi connectivity index (χ3v) is 3.86. The van der Waals surface area contributed by atoms with Gasteiger partial charge in [-0.25, -0.2) is 0 Å². The Bertz CT molecular complexity index is 995. The van der Waals surface area contributed by atoms with Crippen molar-refractivity contribution in [1.29, 1.82) is 0 Å². The zero-order valence-electron chi connectivity index (χ0n) is 15.0. The molecule has 0 aliphatic heterocycles. The van der Waals surface area contributed by atoms with Gasteiger partial charge in [0.25, 0.3) is 5.91 Å². The van der Waals surface area contributed by atoms with Gasteiger partial charge in [0.1, 0.15) is 18.6 Å². The smallest absolute Gasteiger partial charge is 0.291 e. The molecular weight excluding hydrogens is 346 g/mol. The summed E-state index contributed by atoms with van der Waals surface area (Å²) in [5.74, 6) is -0.108. The molecule has 1 amide bonds. The van der Waals surface area contributed by atoms with Gasteiger partial charge in [-0.05, 0) is 30.2 Å². The minimum absolute atomic E-state index is 0.0449. The number of benzene rings is 2. The second kappa shape index (κ2) is 8.23. The minimum Gasteiger partial charge on any atom is -0.495 e. The van der Waals surface area contributed by atoms with Gasteiger partial charge >= 0.3 is 0 Å². The standard InChI is InChI=1S/C21H19NO5/c1-14-8-9-18(25-2)16(10-14)22-21(24)19-11-17(23)20(13-27-19)26-12-15-6-4-3-5-7-15/h3-11,13H,12H2,1-2H3,(H,22,24). The van der Waals surface area contributed by atoms with Gasteiger partial charge in [0, 0.05) is 6.07 Å². The van der Waals surface area contributed by atoms with E-state index in [1.807, 2.05) is 43.3 Å². The van der Waals surface area contributed by atoms with Crippen molar-refractivity contribution in [3.63, 3.8) is 0 Å². The lowest BCUT2D eigenvalue weighted by Crippen LogP contribution is -2.16. The Morgan fingerprint density at radius 2 is 1.85 bits per heavy atom. The maximum atomic E-state index is 12.4. The molecule has 0 aliphatic carbocycles. The van der Waals surface area contributed by atoms with Crippen molar-refractivity contribution in [3.8, 4) is 11.5 Å². The van der Waals surface area contributed by atoms with E-state index in [0.717, 1.165) is 23.5 Å². The summed E-state index contributed by atoms with van der Waals surface area (Å²) < 4.78 is 16.0. The third-order valence-electron chi connectivity index (χ3n) is 3.86. The molecule has 0 saturated heterocycles. The van der Waals surface area contributed by atoms with Crippen LogP contribution in [0.25, 0.3) is 0 Å². The predicted molar refractivity (Wildman–Crippen MR) is 101 cm³/mol. The van der Waals surface area contributed by atoms with Crippen molar-refractivity contribution in [1.82, 2.24) is 0 Å². The summed E-state index contributed by atoms with van der Waals surface area (Å²) in [4.78, 5) is 24.6. The molecule has 6 nitrogen and oxygen atoms in total. The molecule has 0 atom stereocenters. The molecule has 3 rings (SSSR count). The molecule has 0 spiro atoms. The van der Waals surface area contributed by atoms with E-state index in [9.17, 15) is 9.59 Å². The molecule has 2 aromatic carbocycles. The lowest BCUT2D eigenvalue weighted by molar-refractivity contribution is 0.0993. The van der Waals surface area contributed by atoms with Gasteiger partial charge in [-0.15, -0.1) is 0 Å². The summed E-state index contributed by atoms with van der Waals surface area (Å²) in [5.41, 5.74) is 1.94. The zero-order chi connectivity index (χ0) is 19.2. The summed E-state index contributed by atoms with van der Waals surface area (Å²) in [5, 5.41) is 2.69. The number of amides is 1. The average molecular weight is 365 g/mol. The first kappa shape index (κ1) is 18.3. The van der Waals surface area contributed by atoms with E-state index in [1.165, 1.54) is 7.11 Å². The van der Waals surface area contributed by atoms with Crippen LogP contribution in [-0.2, 0) is 6.61 Å². The number of carbonyl (C=O) groups excluding carboxylic acids is 1. The Morgan fingerprint density at radius 3 is 2.56 bits per heavy atom. The maximum absolute atomic E-state index is 12.4. The molecule has 1 aromatic heterocycles. The molecule has 138 valence electrons. The number of hydrogen-bond acceptors (Lipinski definition) is 5. The van der Waals surface area contributed by atoms with E-state index in [0.29, 0.717) is 11.4 Å². The molecule has 1 heterocycles. The van der Waals surface area contributed by atoms with Gasteiger partial charge in [-0.3, -0.25) is 9.59 Å². The highest BCUT2D eigenvalue weighted by Crippen LogP contribution is 2.25. The highest BCUT2D eigenvalue weighted by molar-refractivity contribution is 6.03. The molecule has 0 bridgehead atoms. The molecule has 0 fully saturated rings. The molecule has 0 radical (unpaired) electrons. The highest BCUT2D eigenvalue weighted by atomic mass is 16.5. The number of hydrogen-bond donors (Lipinski definition) is 1. The second-order valence-electron chi connectivity index (χ2n) is 5.90. The Hall–Kier alpha value is -3.54. The first-order valence-corrected chi connectivity index (χ1v) is 8.32. The lowest BCUT2D eigenvalue weighted by atomic mass is 10.2. The Balaban J connectivity index is 1.72. The summed E-state index contributed by atoms with van der Waals surface area (Å²) in [6.07, 6.45) is 1.15. The average Bonchev–Trinajstić information content (AvgIpc) is 2.68. The number of ether oxygens (including phenoxy) is 2. The Kier molecular flexibility index (Phi) is 5.56.